The van der Waals surface area contributed by atoms with Crippen molar-refractivity contribution in [1.29, 1.82) is 0 Å². The summed E-state index contributed by atoms with van der Waals surface area (Å²) >= 11 is 0. The van der Waals surface area contributed by atoms with Crippen LogP contribution in [0.15, 0.2) is 79.5 Å². The van der Waals surface area contributed by atoms with Gasteiger partial charge in [0.1, 0.15) is 0 Å². The molecule has 0 aliphatic rings. The largest absolute Gasteiger partial charge is 0.353 e. The Kier molecular flexibility index (Phi) is 4.82. The fraction of sp³-hybridized carbons (Fsp3) is 0.0400. The molecule has 1 aromatic carbocycles. The van der Waals surface area contributed by atoms with Crippen LogP contribution in [-0.4, -0.2) is 44.8 Å². The first kappa shape index (κ1) is 21.0. The van der Waals surface area contributed by atoms with Gasteiger partial charge >= 0.3 is 0 Å². The molecule has 3 N–H and O–H groups in total. The number of hydrogen-bond donors (Lipinski definition) is 3. The van der Waals surface area contributed by atoms with Gasteiger partial charge < -0.3 is 4.98 Å². The van der Waals surface area contributed by atoms with E-state index in [0.717, 1.165) is 56.2 Å². The maximum absolute atomic E-state index is 11.6. The zero-order chi connectivity index (χ0) is 24.0. The molecule has 9 nitrogen and oxygen atoms in total. The van der Waals surface area contributed by atoms with Crippen LogP contribution in [0.2, 0.25) is 0 Å². The summed E-state index contributed by atoms with van der Waals surface area (Å²) in [5.74, 6) is 0. The number of pyridine rings is 3. The fourth-order valence-electron chi connectivity index (χ4n) is 4.20. The SMILES string of the molecule is CS(=O)(=O)Nc1cncc(-c2cnc3n[nH]c(-c4cc5c(-c6ccncc6)cccc5[nH]4)c3c2)c1. The van der Waals surface area contributed by atoms with Crippen LogP contribution in [0, 0.1) is 0 Å². The molecule has 6 rings (SSSR count). The molecule has 0 unspecified atom stereocenters. The minimum absolute atomic E-state index is 0.386. The number of rotatable bonds is 5. The average Bonchev–Trinajstić information content (AvgIpc) is 3.47. The van der Waals surface area contributed by atoms with Gasteiger partial charge in [0.15, 0.2) is 5.65 Å². The highest BCUT2D eigenvalue weighted by molar-refractivity contribution is 7.92. The number of aromatic nitrogens is 6. The number of anilines is 1. The van der Waals surface area contributed by atoms with Crippen LogP contribution in [0.3, 0.4) is 0 Å². The molecule has 0 aliphatic carbocycles. The lowest BCUT2D eigenvalue weighted by Gasteiger charge is -2.06. The number of nitrogens with one attached hydrogen (secondary N) is 3. The highest BCUT2D eigenvalue weighted by atomic mass is 32.2. The Morgan fingerprint density at radius 2 is 1.69 bits per heavy atom. The predicted octanol–water partition coefficient (Wildman–Crippen LogP) is 4.60. The Bertz CT molecular complexity index is 1810. The molecule has 6 aromatic rings. The summed E-state index contributed by atoms with van der Waals surface area (Å²) in [5.41, 5.74) is 7.38. The van der Waals surface area contributed by atoms with Crippen LogP contribution in [0.4, 0.5) is 5.69 Å². The van der Waals surface area contributed by atoms with E-state index >= 15 is 0 Å². The van der Waals surface area contributed by atoms with E-state index in [-0.39, 0.29) is 0 Å². The van der Waals surface area contributed by atoms with Crippen LogP contribution < -0.4 is 4.72 Å². The van der Waals surface area contributed by atoms with Gasteiger partial charge in [0.25, 0.3) is 0 Å². The molecule has 0 fully saturated rings. The van der Waals surface area contributed by atoms with Crippen molar-refractivity contribution in [2.24, 2.45) is 0 Å². The maximum Gasteiger partial charge on any atom is 0.229 e. The summed E-state index contributed by atoms with van der Waals surface area (Å²) in [6.45, 7) is 0. The Balaban J connectivity index is 1.45. The predicted molar refractivity (Wildman–Crippen MR) is 136 cm³/mol. The molecule has 0 saturated heterocycles. The summed E-state index contributed by atoms with van der Waals surface area (Å²) in [5, 5.41) is 9.41. The summed E-state index contributed by atoms with van der Waals surface area (Å²) in [4.78, 5) is 16.3. The van der Waals surface area contributed by atoms with Gasteiger partial charge in [0, 0.05) is 52.2 Å². The van der Waals surface area contributed by atoms with Crippen molar-refractivity contribution >= 4 is 37.6 Å². The summed E-state index contributed by atoms with van der Waals surface area (Å²) < 4.78 is 25.7. The number of sulfonamides is 1. The van der Waals surface area contributed by atoms with E-state index < -0.39 is 10.0 Å². The van der Waals surface area contributed by atoms with Crippen LogP contribution >= 0.6 is 0 Å². The van der Waals surface area contributed by atoms with Crippen molar-refractivity contribution in [2.75, 3.05) is 11.0 Å². The molecular weight excluding hydrogens is 462 g/mol. The first-order valence-corrected chi connectivity index (χ1v) is 12.6. The first-order valence-electron chi connectivity index (χ1n) is 10.7. The molecule has 0 amide bonds. The summed E-state index contributed by atoms with van der Waals surface area (Å²) in [7, 11) is -3.41. The maximum atomic E-state index is 11.6. The zero-order valence-electron chi connectivity index (χ0n) is 18.5. The van der Waals surface area contributed by atoms with Crippen LogP contribution in [0.5, 0.6) is 0 Å². The van der Waals surface area contributed by atoms with E-state index in [1.165, 1.54) is 6.20 Å². The van der Waals surface area contributed by atoms with Crippen molar-refractivity contribution < 1.29 is 8.42 Å². The van der Waals surface area contributed by atoms with E-state index in [4.69, 9.17) is 0 Å². The summed E-state index contributed by atoms with van der Waals surface area (Å²) in [6.07, 6.45) is 9.50. The van der Waals surface area contributed by atoms with Crippen molar-refractivity contribution in [2.45, 2.75) is 0 Å². The topological polar surface area (TPSA) is 129 Å². The van der Waals surface area contributed by atoms with Gasteiger partial charge in [-0.2, -0.15) is 5.10 Å². The molecule has 172 valence electrons. The van der Waals surface area contributed by atoms with E-state index in [9.17, 15) is 8.42 Å². The summed E-state index contributed by atoms with van der Waals surface area (Å²) in [6, 6.07) is 15.9. The molecule has 0 radical (unpaired) electrons. The Hall–Kier alpha value is -4.57. The highest BCUT2D eigenvalue weighted by Crippen LogP contribution is 2.34. The van der Waals surface area contributed by atoms with Gasteiger partial charge in [0.2, 0.25) is 10.0 Å². The molecule has 0 aliphatic heterocycles. The van der Waals surface area contributed by atoms with Gasteiger partial charge in [-0.25, -0.2) is 13.4 Å². The first-order chi connectivity index (χ1) is 16.9. The minimum Gasteiger partial charge on any atom is -0.353 e. The second-order valence-electron chi connectivity index (χ2n) is 8.22. The fourth-order valence-corrected chi connectivity index (χ4v) is 4.74. The van der Waals surface area contributed by atoms with Gasteiger partial charge in [-0.3, -0.25) is 19.8 Å². The average molecular weight is 482 g/mol. The van der Waals surface area contributed by atoms with Crippen molar-refractivity contribution in [1.82, 2.24) is 30.1 Å². The molecule has 0 atom stereocenters. The number of hydrogen-bond acceptors (Lipinski definition) is 6. The van der Waals surface area contributed by atoms with Crippen molar-refractivity contribution in [3.05, 3.63) is 79.5 Å². The Morgan fingerprint density at radius 3 is 2.51 bits per heavy atom. The van der Waals surface area contributed by atoms with E-state index in [1.54, 1.807) is 30.9 Å². The molecule has 0 saturated carbocycles. The quantitative estimate of drug-likeness (QED) is 0.330. The normalized spacial score (nSPS) is 11.8. The van der Waals surface area contributed by atoms with Gasteiger partial charge in [0.05, 0.1) is 29.5 Å². The molecule has 0 spiro atoms. The lowest BCUT2D eigenvalue weighted by molar-refractivity contribution is 0.607. The smallest absolute Gasteiger partial charge is 0.229 e. The third-order valence-electron chi connectivity index (χ3n) is 5.71. The molecule has 35 heavy (non-hydrogen) atoms. The Morgan fingerprint density at radius 1 is 0.857 bits per heavy atom. The molecule has 10 heteroatoms. The van der Waals surface area contributed by atoms with E-state index in [0.29, 0.717) is 11.3 Å². The number of fused-ring (bicyclic) bond motifs is 2. The molecule has 0 bridgehead atoms. The molecular formula is C25H19N7O2S. The van der Waals surface area contributed by atoms with Crippen LogP contribution in [-0.2, 0) is 10.0 Å². The monoisotopic (exact) mass is 481 g/mol. The second kappa shape index (κ2) is 8.03. The van der Waals surface area contributed by atoms with Crippen molar-refractivity contribution in [3.63, 3.8) is 0 Å². The lowest BCUT2D eigenvalue weighted by Crippen LogP contribution is -2.09. The van der Waals surface area contributed by atoms with Crippen molar-refractivity contribution in [3.8, 4) is 33.6 Å². The third-order valence-corrected chi connectivity index (χ3v) is 6.32. The lowest BCUT2D eigenvalue weighted by atomic mass is 10.0. The van der Waals surface area contributed by atoms with Gasteiger partial charge in [-0.15, -0.1) is 0 Å². The van der Waals surface area contributed by atoms with E-state index in [1.807, 2.05) is 30.3 Å². The number of H-pyrrole nitrogens is 2. The molecule has 5 aromatic heterocycles. The zero-order valence-corrected chi connectivity index (χ0v) is 19.3. The van der Waals surface area contributed by atoms with Crippen LogP contribution in [0.1, 0.15) is 0 Å². The number of benzene rings is 1. The molecule has 5 heterocycles. The van der Waals surface area contributed by atoms with Gasteiger partial charge in [-0.05, 0) is 47.5 Å². The van der Waals surface area contributed by atoms with E-state index in [2.05, 4.69) is 47.0 Å². The standard InChI is InChI=1S/C25H19N7O2S/c1-35(33,34)32-18-9-16(12-27-14-18)17-10-21-24(30-31-25(21)28-13-17)23-11-20-19(3-2-4-22(20)29-23)15-5-7-26-8-6-15/h2-14,29,32H,1H3,(H,28,30,31). The Labute approximate surface area is 200 Å². The second-order valence-corrected chi connectivity index (χ2v) is 9.96. The number of aromatic amines is 2. The highest BCUT2D eigenvalue weighted by Gasteiger charge is 2.15. The minimum atomic E-state index is -3.41. The third kappa shape index (κ3) is 4.00. The van der Waals surface area contributed by atoms with Crippen LogP contribution in [0.25, 0.3) is 55.6 Å². The number of nitrogens with zero attached hydrogens (tertiary/aromatic N) is 4. The van der Waals surface area contributed by atoms with Gasteiger partial charge in [-0.1, -0.05) is 12.1 Å².